The van der Waals surface area contributed by atoms with Crippen LogP contribution in [0.25, 0.3) is 0 Å². The molecule has 0 saturated carbocycles. The SMILES string of the molecule is CCn1cc(C(CN)N2CCC(N3CCOCC3)C2)cn1. The molecule has 0 radical (unpaired) electrons. The van der Waals surface area contributed by atoms with Crippen LogP contribution in [0.4, 0.5) is 0 Å². The molecule has 3 heterocycles. The highest BCUT2D eigenvalue weighted by Crippen LogP contribution is 2.26. The quantitative estimate of drug-likeness (QED) is 0.847. The Bertz CT molecular complexity index is 443. The van der Waals surface area contributed by atoms with Crippen LogP contribution in [-0.4, -0.2) is 71.6 Å². The lowest BCUT2D eigenvalue weighted by molar-refractivity contribution is 0.0176. The summed E-state index contributed by atoms with van der Waals surface area (Å²) in [5.74, 6) is 0. The van der Waals surface area contributed by atoms with E-state index in [1.165, 1.54) is 12.0 Å². The number of likely N-dealkylation sites (tertiary alicyclic amines) is 1. The van der Waals surface area contributed by atoms with Gasteiger partial charge >= 0.3 is 0 Å². The standard InChI is InChI=1S/C15H27N5O/c1-2-20-11-13(10-17-20)15(9-16)19-4-3-14(12-19)18-5-7-21-8-6-18/h10-11,14-15H,2-9,12,16H2,1H3. The first-order valence-corrected chi connectivity index (χ1v) is 8.10. The molecule has 2 fully saturated rings. The molecular weight excluding hydrogens is 266 g/mol. The molecule has 2 unspecified atom stereocenters. The van der Waals surface area contributed by atoms with Gasteiger partial charge < -0.3 is 10.5 Å². The third kappa shape index (κ3) is 3.29. The Morgan fingerprint density at radius 1 is 1.38 bits per heavy atom. The van der Waals surface area contributed by atoms with E-state index in [1.54, 1.807) is 0 Å². The van der Waals surface area contributed by atoms with E-state index in [0.29, 0.717) is 18.6 Å². The van der Waals surface area contributed by atoms with Gasteiger partial charge in [0.15, 0.2) is 0 Å². The van der Waals surface area contributed by atoms with Crippen molar-refractivity contribution in [1.29, 1.82) is 0 Å². The van der Waals surface area contributed by atoms with Crippen molar-refractivity contribution in [2.45, 2.75) is 32.0 Å². The van der Waals surface area contributed by atoms with Gasteiger partial charge in [-0.3, -0.25) is 14.5 Å². The van der Waals surface area contributed by atoms with Crippen LogP contribution in [0.2, 0.25) is 0 Å². The predicted molar refractivity (Wildman–Crippen MR) is 82.1 cm³/mol. The van der Waals surface area contributed by atoms with Gasteiger partial charge in [-0.25, -0.2) is 0 Å². The fourth-order valence-corrected chi connectivity index (χ4v) is 3.51. The average Bonchev–Trinajstić information content (AvgIpc) is 3.19. The molecule has 2 aliphatic heterocycles. The van der Waals surface area contributed by atoms with Gasteiger partial charge in [-0.05, 0) is 13.3 Å². The molecule has 6 heteroatoms. The van der Waals surface area contributed by atoms with E-state index in [4.69, 9.17) is 10.5 Å². The zero-order valence-corrected chi connectivity index (χ0v) is 12.9. The van der Waals surface area contributed by atoms with Gasteiger partial charge in [-0.2, -0.15) is 5.10 Å². The summed E-state index contributed by atoms with van der Waals surface area (Å²) in [7, 11) is 0. The van der Waals surface area contributed by atoms with Gasteiger partial charge in [-0.15, -0.1) is 0 Å². The normalized spacial score (nSPS) is 26.3. The summed E-state index contributed by atoms with van der Waals surface area (Å²) in [6.45, 7) is 9.80. The predicted octanol–water partition coefficient (Wildman–Crippen LogP) is 0.309. The van der Waals surface area contributed by atoms with Crippen LogP contribution in [0.15, 0.2) is 12.4 Å². The number of hydrogen-bond acceptors (Lipinski definition) is 5. The number of nitrogens with two attached hydrogens (primary N) is 1. The molecule has 1 aromatic heterocycles. The molecule has 0 aromatic carbocycles. The first-order valence-electron chi connectivity index (χ1n) is 8.10. The molecule has 0 spiro atoms. The molecule has 21 heavy (non-hydrogen) atoms. The molecule has 0 amide bonds. The second kappa shape index (κ2) is 6.87. The van der Waals surface area contributed by atoms with Crippen LogP contribution < -0.4 is 5.73 Å². The van der Waals surface area contributed by atoms with Crippen LogP contribution in [0.3, 0.4) is 0 Å². The Kier molecular flexibility index (Phi) is 4.90. The first-order chi connectivity index (χ1) is 10.3. The van der Waals surface area contributed by atoms with E-state index in [0.717, 1.165) is 45.9 Å². The highest BCUT2D eigenvalue weighted by atomic mass is 16.5. The second-order valence-corrected chi connectivity index (χ2v) is 5.97. The third-order valence-corrected chi connectivity index (χ3v) is 4.78. The zero-order chi connectivity index (χ0) is 14.7. The van der Waals surface area contributed by atoms with Gasteiger partial charge in [-0.1, -0.05) is 0 Å². The molecule has 2 aliphatic rings. The number of ether oxygens (including phenoxy) is 1. The van der Waals surface area contributed by atoms with E-state index in [-0.39, 0.29) is 0 Å². The van der Waals surface area contributed by atoms with Crippen molar-refractivity contribution in [3.8, 4) is 0 Å². The van der Waals surface area contributed by atoms with Gasteiger partial charge in [0.2, 0.25) is 0 Å². The van der Waals surface area contributed by atoms with Crippen molar-refractivity contribution in [3.63, 3.8) is 0 Å². The average molecular weight is 293 g/mol. The van der Waals surface area contributed by atoms with E-state index in [2.05, 4.69) is 28.0 Å². The van der Waals surface area contributed by atoms with Gasteiger partial charge in [0.25, 0.3) is 0 Å². The van der Waals surface area contributed by atoms with Gasteiger partial charge in [0, 0.05) is 57.1 Å². The van der Waals surface area contributed by atoms with E-state index < -0.39 is 0 Å². The van der Waals surface area contributed by atoms with Crippen molar-refractivity contribution in [2.75, 3.05) is 45.9 Å². The molecule has 118 valence electrons. The Morgan fingerprint density at radius 2 is 2.19 bits per heavy atom. The first kappa shape index (κ1) is 15.0. The van der Waals surface area contributed by atoms with Crippen LogP contribution in [0.5, 0.6) is 0 Å². The zero-order valence-electron chi connectivity index (χ0n) is 12.9. The Labute approximate surface area is 126 Å². The maximum absolute atomic E-state index is 6.05. The van der Waals surface area contributed by atoms with Crippen molar-refractivity contribution in [1.82, 2.24) is 19.6 Å². The summed E-state index contributed by atoms with van der Waals surface area (Å²) < 4.78 is 7.43. The Morgan fingerprint density at radius 3 is 2.86 bits per heavy atom. The third-order valence-electron chi connectivity index (χ3n) is 4.78. The van der Waals surface area contributed by atoms with Crippen molar-refractivity contribution in [2.24, 2.45) is 5.73 Å². The molecule has 2 N–H and O–H groups in total. The smallest absolute Gasteiger partial charge is 0.0594 e. The molecule has 0 aliphatic carbocycles. The highest BCUT2D eigenvalue weighted by molar-refractivity contribution is 5.12. The van der Waals surface area contributed by atoms with E-state index >= 15 is 0 Å². The molecule has 3 rings (SSSR count). The molecule has 1 aromatic rings. The highest BCUT2D eigenvalue weighted by Gasteiger charge is 2.32. The van der Waals surface area contributed by atoms with Crippen LogP contribution >= 0.6 is 0 Å². The lowest BCUT2D eigenvalue weighted by Crippen LogP contribution is -2.45. The van der Waals surface area contributed by atoms with E-state index in [9.17, 15) is 0 Å². The summed E-state index contributed by atoms with van der Waals surface area (Å²) >= 11 is 0. The summed E-state index contributed by atoms with van der Waals surface area (Å²) in [5, 5.41) is 4.39. The summed E-state index contributed by atoms with van der Waals surface area (Å²) in [4.78, 5) is 5.10. The van der Waals surface area contributed by atoms with E-state index in [1.807, 2.05) is 10.9 Å². The van der Waals surface area contributed by atoms with Gasteiger partial charge in [0.05, 0.1) is 25.5 Å². The number of aromatic nitrogens is 2. The summed E-state index contributed by atoms with van der Waals surface area (Å²) in [5.41, 5.74) is 7.30. The fraction of sp³-hybridized carbons (Fsp3) is 0.800. The molecule has 0 bridgehead atoms. The fourth-order valence-electron chi connectivity index (χ4n) is 3.51. The molecule has 6 nitrogen and oxygen atoms in total. The minimum atomic E-state index is 0.302. The minimum Gasteiger partial charge on any atom is -0.379 e. The number of nitrogens with zero attached hydrogens (tertiary/aromatic N) is 4. The van der Waals surface area contributed by atoms with Crippen molar-refractivity contribution >= 4 is 0 Å². The topological polar surface area (TPSA) is 59.5 Å². The second-order valence-electron chi connectivity index (χ2n) is 5.97. The molecular formula is C15H27N5O. The van der Waals surface area contributed by atoms with Crippen LogP contribution in [0.1, 0.15) is 24.9 Å². The van der Waals surface area contributed by atoms with Gasteiger partial charge in [0.1, 0.15) is 0 Å². The lowest BCUT2D eigenvalue weighted by Gasteiger charge is -2.33. The number of hydrogen-bond donors (Lipinski definition) is 1. The number of rotatable bonds is 5. The summed E-state index contributed by atoms with van der Waals surface area (Å²) in [6.07, 6.45) is 5.35. The Balaban J connectivity index is 1.62. The maximum atomic E-state index is 6.05. The molecule has 2 saturated heterocycles. The lowest BCUT2D eigenvalue weighted by atomic mass is 10.1. The maximum Gasteiger partial charge on any atom is 0.0594 e. The number of aryl methyl sites for hydroxylation is 1. The minimum absolute atomic E-state index is 0.302. The van der Waals surface area contributed by atoms with Crippen molar-refractivity contribution in [3.05, 3.63) is 18.0 Å². The van der Waals surface area contributed by atoms with Crippen LogP contribution in [0, 0.1) is 0 Å². The van der Waals surface area contributed by atoms with Crippen molar-refractivity contribution < 1.29 is 4.74 Å². The monoisotopic (exact) mass is 293 g/mol. The Hall–Kier alpha value is -0.950. The molecule has 2 atom stereocenters. The number of morpholine rings is 1. The largest absolute Gasteiger partial charge is 0.379 e. The summed E-state index contributed by atoms with van der Waals surface area (Å²) in [6, 6.07) is 0.959. The van der Waals surface area contributed by atoms with Crippen LogP contribution in [-0.2, 0) is 11.3 Å².